The summed E-state index contributed by atoms with van der Waals surface area (Å²) in [6.07, 6.45) is 1.51. The van der Waals surface area contributed by atoms with Crippen LogP contribution in [0.4, 0.5) is 0 Å². The minimum Gasteiger partial charge on any atom is -0.267 e. The van der Waals surface area contributed by atoms with Gasteiger partial charge in [-0.25, -0.2) is 10.4 Å². The highest BCUT2D eigenvalue weighted by Crippen LogP contribution is 2.31. The molecule has 9 heteroatoms. The summed E-state index contributed by atoms with van der Waals surface area (Å²) in [7, 11) is 1.75. The number of hydrogen-bond acceptors (Lipinski definition) is 6. The van der Waals surface area contributed by atoms with Crippen molar-refractivity contribution >= 4 is 57.0 Å². The summed E-state index contributed by atoms with van der Waals surface area (Å²) >= 11 is 9.54. The van der Waals surface area contributed by atoms with Crippen molar-refractivity contribution < 1.29 is 4.79 Å². The monoisotopic (exact) mass is 455 g/mol. The first-order chi connectivity index (χ1) is 14.5. The minimum absolute atomic E-state index is 0.283. The molecular formula is C21H18ClN5OS2. The van der Waals surface area contributed by atoms with Gasteiger partial charge in [0, 0.05) is 18.4 Å². The summed E-state index contributed by atoms with van der Waals surface area (Å²) in [5.41, 5.74) is 6.64. The molecule has 0 spiro atoms. The zero-order valence-electron chi connectivity index (χ0n) is 16.3. The predicted molar refractivity (Wildman–Crippen MR) is 124 cm³/mol. The number of rotatable bonds is 6. The number of thiazole rings is 1. The first kappa shape index (κ1) is 20.6. The number of hydrazone groups is 1. The summed E-state index contributed by atoms with van der Waals surface area (Å²) in [5, 5.41) is 8.67. The highest BCUT2D eigenvalue weighted by atomic mass is 35.5. The molecule has 0 aliphatic rings. The first-order valence-electron chi connectivity index (χ1n) is 9.11. The normalized spacial score (nSPS) is 11.4. The van der Waals surface area contributed by atoms with Crippen LogP contribution in [0.5, 0.6) is 0 Å². The van der Waals surface area contributed by atoms with Gasteiger partial charge in [-0.15, -0.1) is 11.3 Å². The molecule has 0 saturated heterocycles. The summed E-state index contributed by atoms with van der Waals surface area (Å²) in [4.78, 5) is 16.9. The molecule has 2 heterocycles. The van der Waals surface area contributed by atoms with Gasteiger partial charge in [0.15, 0.2) is 4.34 Å². The van der Waals surface area contributed by atoms with Gasteiger partial charge >= 0.3 is 0 Å². The van der Waals surface area contributed by atoms with Gasteiger partial charge in [0.1, 0.15) is 5.15 Å². The van der Waals surface area contributed by atoms with Crippen molar-refractivity contribution in [3.63, 3.8) is 0 Å². The van der Waals surface area contributed by atoms with Crippen LogP contribution < -0.4 is 5.43 Å². The molecule has 2 aromatic carbocycles. The molecule has 1 N–H and O–H groups in total. The Morgan fingerprint density at radius 1 is 1.27 bits per heavy atom. The molecule has 30 heavy (non-hydrogen) atoms. The number of benzene rings is 2. The Labute approximate surface area is 187 Å². The van der Waals surface area contributed by atoms with Crippen molar-refractivity contribution in [3.8, 4) is 0 Å². The number of thioether (sulfide) groups is 1. The fraction of sp³-hybridized carbons (Fsp3) is 0.143. The average Bonchev–Trinajstić information content (AvgIpc) is 3.27. The molecular weight excluding hydrogens is 438 g/mol. The number of para-hydroxylation sites is 1. The van der Waals surface area contributed by atoms with Crippen LogP contribution in [0.3, 0.4) is 0 Å². The van der Waals surface area contributed by atoms with E-state index < -0.39 is 0 Å². The Balaban J connectivity index is 1.34. The predicted octanol–water partition coefficient (Wildman–Crippen LogP) is 5.05. The van der Waals surface area contributed by atoms with E-state index in [1.165, 1.54) is 10.9 Å². The quantitative estimate of drug-likeness (QED) is 0.251. The summed E-state index contributed by atoms with van der Waals surface area (Å²) < 4.78 is 3.79. The number of halogens is 1. The third-order valence-corrected chi connectivity index (χ3v) is 7.11. The molecule has 0 bridgehead atoms. The number of hydrogen-bond donors (Lipinski definition) is 1. The highest BCUT2D eigenvalue weighted by molar-refractivity contribution is 8.00. The Hall–Kier alpha value is -2.68. The van der Waals surface area contributed by atoms with Crippen molar-refractivity contribution in [2.45, 2.75) is 17.0 Å². The molecule has 2 aromatic heterocycles. The van der Waals surface area contributed by atoms with Gasteiger partial charge in [-0.05, 0) is 36.8 Å². The van der Waals surface area contributed by atoms with Gasteiger partial charge in [0.2, 0.25) is 0 Å². The third-order valence-electron chi connectivity index (χ3n) is 4.41. The molecule has 0 fully saturated rings. The van der Waals surface area contributed by atoms with Gasteiger partial charge in [0.05, 0.1) is 27.7 Å². The van der Waals surface area contributed by atoms with Crippen LogP contribution in [0.25, 0.3) is 10.2 Å². The molecule has 0 radical (unpaired) electrons. The minimum atomic E-state index is -0.283. The third kappa shape index (κ3) is 4.56. The van der Waals surface area contributed by atoms with Gasteiger partial charge in [-0.3, -0.25) is 9.48 Å². The van der Waals surface area contributed by atoms with Crippen molar-refractivity contribution in [1.82, 2.24) is 20.2 Å². The second kappa shape index (κ2) is 8.99. The van der Waals surface area contributed by atoms with E-state index in [-0.39, 0.29) is 5.91 Å². The van der Waals surface area contributed by atoms with Crippen molar-refractivity contribution in [1.29, 1.82) is 0 Å². The molecule has 4 aromatic rings. The van der Waals surface area contributed by atoms with Crippen molar-refractivity contribution in [2.24, 2.45) is 12.1 Å². The van der Waals surface area contributed by atoms with Crippen LogP contribution >= 0.6 is 34.7 Å². The molecule has 1 amide bonds. The zero-order chi connectivity index (χ0) is 21.1. The lowest BCUT2D eigenvalue weighted by Gasteiger charge is -2.02. The van der Waals surface area contributed by atoms with Crippen LogP contribution in [-0.4, -0.2) is 26.9 Å². The van der Waals surface area contributed by atoms with Crippen LogP contribution in [0, 0.1) is 6.92 Å². The van der Waals surface area contributed by atoms with E-state index in [0.717, 1.165) is 26.9 Å². The average molecular weight is 456 g/mol. The molecule has 0 unspecified atom stereocenters. The second-order valence-electron chi connectivity index (χ2n) is 6.55. The van der Waals surface area contributed by atoms with Crippen molar-refractivity contribution in [2.75, 3.05) is 0 Å². The Bertz CT molecular complexity index is 1200. The number of aryl methyl sites for hydroxylation is 2. The molecule has 0 saturated carbocycles. The lowest BCUT2D eigenvalue weighted by Crippen LogP contribution is -2.17. The van der Waals surface area contributed by atoms with E-state index in [1.54, 1.807) is 47.0 Å². The number of carbonyl (C=O) groups excluding carboxylic acids is 1. The van der Waals surface area contributed by atoms with E-state index in [0.29, 0.717) is 16.3 Å². The summed E-state index contributed by atoms with van der Waals surface area (Å²) in [5.74, 6) is 0.507. The summed E-state index contributed by atoms with van der Waals surface area (Å²) in [6, 6.07) is 15.6. The SMILES string of the molecule is Cc1nn(C)c(Cl)c1C=NNC(=O)c1ccc(CSc2nc3ccccc3s2)cc1. The Morgan fingerprint density at radius 3 is 2.73 bits per heavy atom. The largest absolute Gasteiger partial charge is 0.271 e. The number of amides is 1. The Morgan fingerprint density at radius 2 is 2.03 bits per heavy atom. The van der Waals surface area contributed by atoms with Crippen LogP contribution in [0.2, 0.25) is 5.15 Å². The number of aromatic nitrogens is 3. The van der Waals surface area contributed by atoms with Gasteiger partial charge in [-0.2, -0.15) is 10.2 Å². The summed E-state index contributed by atoms with van der Waals surface area (Å²) in [6.45, 7) is 1.83. The molecule has 4 rings (SSSR count). The van der Waals surface area contributed by atoms with Crippen LogP contribution in [-0.2, 0) is 12.8 Å². The maximum atomic E-state index is 12.3. The topological polar surface area (TPSA) is 72.2 Å². The number of nitrogens with zero attached hydrogens (tertiary/aromatic N) is 4. The van der Waals surface area contributed by atoms with Crippen molar-refractivity contribution in [3.05, 3.63) is 76.1 Å². The molecule has 0 aliphatic heterocycles. The van der Waals surface area contributed by atoms with Crippen LogP contribution in [0.1, 0.15) is 27.2 Å². The maximum Gasteiger partial charge on any atom is 0.271 e. The molecule has 6 nitrogen and oxygen atoms in total. The van der Waals surface area contributed by atoms with E-state index in [2.05, 4.69) is 26.7 Å². The lowest BCUT2D eigenvalue weighted by atomic mass is 10.1. The fourth-order valence-electron chi connectivity index (χ4n) is 2.82. The van der Waals surface area contributed by atoms with E-state index in [9.17, 15) is 4.79 Å². The number of fused-ring (bicyclic) bond motifs is 1. The number of carbonyl (C=O) groups is 1. The zero-order valence-corrected chi connectivity index (χ0v) is 18.7. The van der Waals surface area contributed by atoms with E-state index in [1.807, 2.05) is 37.3 Å². The molecule has 0 atom stereocenters. The van der Waals surface area contributed by atoms with E-state index >= 15 is 0 Å². The van der Waals surface area contributed by atoms with Gasteiger partial charge in [-0.1, -0.05) is 47.6 Å². The van der Waals surface area contributed by atoms with E-state index in [4.69, 9.17) is 11.6 Å². The number of nitrogens with one attached hydrogen (secondary N) is 1. The van der Waals surface area contributed by atoms with Gasteiger partial charge in [0.25, 0.3) is 5.91 Å². The second-order valence-corrected chi connectivity index (χ2v) is 9.16. The maximum absolute atomic E-state index is 12.3. The van der Waals surface area contributed by atoms with Crippen LogP contribution in [0.15, 0.2) is 58.0 Å². The lowest BCUT2D eigenvalue weighted by molar-refractivity contribution is 0.0955. The molecule has 0 aliphatic carbocycles. The smallest absolute Gasteiger partial charge is 0.267 e. The highest BCUT2D eigenvalue weighted by Gasteiger charge is 2.10. The first-order valence-corrected chi connectivity index (χ1v) is 11.3. The molecule has 152 valence electrons. The Kier molecular flexibility index (Phi) is 6.17. The van der Waals surface area contributed by atoms with Gasteiger partial charge < -0.3 is 0 Å². The standard InChI is InChI=1S/C21H18ClN5OS2/c1-13-16(19(22)27(2)26-13)11-23-25-20(28)15-9-7-14(8-10-15)12-29-21-24-17-5-3-4-6-18(17)30-21/h3-11H,12H2,1-2H3,(H,25,28). The fourth-order valence-corrected chi connectivity index (χ4v) is 5.07.